The summed E-state index contributed by atoms with van der Waals surface area (Å²) in [6, 6.07) is 24.6. The minimum atomic E-state index is -3.23. The number of nitrogens with zero attached hydrogens (tertiary/aromatic N) is 2. The molecule has 3 fully saturated rings. The van der Waals surface area contributed by atoms with Gasteiger partial charge >= 0.3 is 30.0 Å². The zero-order valence-corrected chi connectivity index (χ0v) is 44.1. The minimum absolute atomic E-state index is 0. The quantitative estimate of drug-likeness (QED) is 0.0415. The molecule has 1 amide bonds. The van der Waals surface area contributed by atoms with E-state index in [2.05, 4.69) is 100 Å². The largest absolute Gasteiger partial charge is 0.469 e. The van der Waals surface area contributed by atoms with Crippen molar-refractivity contribution in [3.63, 3.8) is 0 Å². The molecule has 3 aromatic carbocycles. The van der Waals surface area contributed by atoms with E-state index in [4.69, 9.17) is 19.9 Å². The highest BCUT2D eigenvalue weighted by Gasteiger charge is 2.26. The number of methoxy groups -OCH3 is 2. The lowest BCUT2D eigenvalue weighted by molar-refractivity contribution is -0.138. The predicted octanol–water partition coefficient (Wildman–Crippen LogP) is 6.88. The van der Waals surface area contributed by atoms with Gasteiger partial charge in [-0.1, -0.05) is 55.5 Å². The van der Waals surface area contributed by atoms with Crippen LogP contribution in [-0.2, 0) is 61.3 Å². The maximum Gasteiger partial charge on any atom is 0.341 e. The molecule has 396 valence electrons. The van der Waals surface area contributed by atoms with Gasteiger partial charge in [-0.2, -0.15) is 0 Å². The third-order valence-electron chi connectivity index (χ3n) is 10.9. The molecular formula is C49H71Cl2N4O15P. The molecule has 19 nitrogen and oxygen atoms in total. The molecule has 6 rings (SSSR count). The summed E-state index contributed by atoms with van der Waals surface area (Å²) in [6.45, 7) is 14.1. The average Bonchev–Trinajstić information content (AvgIpc) is 3.37. The van der Waals surface area contributed by atoms with E-state index in [-0.39, 0.29) is 41.4 Å². The number of carbonyl (C=O) groups excluding carboxylic acids is 6. The lowest BCUT2D eigenvalue weighted by Gasteiger charge is -2.29. The van der Waals surface area contributed by atoms with Crippen LogP contribution >= 0.6 is 30.8 Å². The lowest BCUT2D eigenvalue weighted by atomic mass is 9.91. The Balaban J connectivity index is 0.000000891. The number of amides is 1. The standard InChI is InChI=1S/C15H19NO3.C14H20N2O2.C13H16O2.C5H11O5P.C2Cl2O2.H3N.H2O/c1-12(11-15(17)18-2)13-3-5-14(6-4-13)16-7-9-19-10-8-16;1-11(10-14(15)17)12-2-4-13(5-3-12)16-6-8-18-9-7-16;1-10(14)11-2-4-12(5-3-11)13-6-8-15-9-7-13;1-8-5(6)4-11(7,9-2)10-3;3-1(5)2(4)6;;/h3-6,11H,7-10H2,1-2H3;2-5,11H,6-10H2,1H3,(H2,15,17);2-5,13H,6-9H2,1H3;4H2,1-3H3;;1H3;1H2. The van der Waals surface area contributed by atoms with Crippen molar-refractivity contribution < 1.29 is 71.5 Å². The Kier molecular flexibility index (Phi) is 33.4. The zero-order valence-electron chi connectivity index (χ0n) is 41.7. The first kappa shape index (κ1) is 66.0. The topological polar surface area (TPSA) is 283 Å². The number of hydrogen-bond donors (Lipinski definition) is 2. The van der Waals surface area contributed by atoms with Gasteiger partial charge in [0.15, 0.2) is 5.78 Å². The van der Waals surface area contributed by atoms with Crippen molar-refractivity contribution in [2.75, 3.05) is 110 Å². The maximum absolute atomic E-state index is 11.2. The monoisotopic (exact) mass is 1060 g/mol. The van der Waals surface area contributed by atoms with Crippen molar-refractivity contribution in [1.82, 2.24) is 6.15 Å². The number of anilines is 2. The van der Waals surface area contributed by atoms with Crippen LogP contribution in [0.5, 0.6) is 0 Å². The number of benzene rings is 3. The van der Waals surface area contributed by atoms with E-state index in [9.17, 15) is 33.3 Å². The fourth-order valence-corrected chi connectivity index (χ4v) is 7.63. The Bertz CT molecular complexity index is 2130. The van der Waals surface area contributed by atoms with E-state index in [1.807, 2.05) is 38.1 Å². The number of ketones is 1. The fourth-order valence-electron chi connectivity index (χ4n) is 6.78. The number of halogens is 2. The Morgan fingerprint density at radius 3 is 1.49 bits per heavy atom. The molecule has 1 atom stereocenters. The van der Waals surface area contributed by atoms with Gasteiger partial charge in [0.2, 0.25) is 5.91 Å². The summed E-state index contributed by atoms with van der Waals surface area (Å²) in [5, 5.41) is -2.28. The molecule has 0 saturated carbocycles. The number of esters is 2. The minimum Gasteiger partial charge on any atom is -0.469 e. The smallest absolute Gasteiger partial charge is 0.341 e. The van der Waals surface area contributed by atoms with E-state index in [0.717, 1.165) is 101 Å². The van der Waals surface area contributed by atoms with E-state index < -0.39 is 24.0 Å². The van der Waals surface area contributed by atoms with Crippen LogP contribution in [0, 0.1) is 0 Å². The Morgan fingerprint density at radius 1 is 0.690 bits per heavy atom. The molecule has 71 heavy (non-hydrogen) atoms. The summed E-state index contributed by atoms with van der Waals surface area (Å²) in [4.78, 5) is 67.3. The van der Waals surface area contributed by atoms with Crippen LogP contribution in [0.4, 0.5) is 11.4 Å². The fraction of sp³-hybridized carbons (Fsp3) is 0.469. The SMILES string of the molecule is CC(=O)c1ccc(C2CCOCC2)cc1.CC(CC(N)=O)c1ccc(N2CCOCC2)cc1.COC(=O)C=C(C)c1ccc(N2CCOCC2)cc1.COC(=O)CP(=O)(OC)OC.N.O.O=C(Cl)C(=O)Cl. The van der Waals surface area contributed by atoms with Gasteiger partial charge in [0.1, 0.15) is 6.16 Å². The molecule has 1 unspecified atom stereocenters. The van der Waals surface area contributed by atoms with Crippen LogP contribution in [0.1, 0.15) is 78.9 Å². The van der Waals surface area contributed by atoms with Gasteiger partial charge in [0, 0.05) is 83.0 Å². The van der Waals surface area contributed by atoms with Crippen molar-refractivity contribution in [2.45, 2.75) is 51.9 Å². The first-order valence-electron chi connectivity index (χ1n) is 22.1. The summed E-state index contributed by atoms with van der Waals surface area (Å²) >= 11 is 8.98. The van der Waals surface area contributed by atoms with Gasteiger partial charge in [0.05, 0.1) is 40.6 Å². The van der Waals surface area contributed by atoms with Crippen LogP contribution < -0.4 is 21.7 Å². The molecule has 3 aromatic rings. The Hall–Kier alpha value is -5.05. The Morgan fingerprint density at radius 2 is 1.11 bits per heavy atom. The van der Waals surface area contributed by atoms with Crippen LogP contribution in [0.3, 0.4) is 0 Å². The number of allylic oxidation sites excluding steroid dienone is 1. The molecule has 0 radical (unpaired) electrons. The number of ether oxygens (including phenoxy) is 5. The molecule has 3 saturated heterocycles. The van der Waals surface area contributed by atoms with E-state index in [1.165, 1.54) is 51.5 Å². The molecule has 0 aliphatic carbocycles. The highest BCUT2D eigenvalue weighted by Crippen LogP contribution is 2.46. The van der Waals surface area contributed by atoms with Crippen molar-refractivity contribution >= 4 is 81.9 Å². The molecule has 7 N–H and O–H groups in total. The predicted molar refractivity (Wildman–Crippen MR) is 275 cm³/mol. The van der Waals surface area contributed by atoms with Gasteiger partial charge in [-0.3, -0.25) is 28.5 Å². The highest BCUT2D eigenvalue weighted by atomic mass is 35.5. The molecule has 0 spiro atoms. The molecule has 3 aliphatic heterocycles. The average molecular weight is 1060 g/mol. The molecule has 0 bridgehead atoms. The summed E-state index contributed by atoms with van der Waals surface area (Å²) in [6.07, 6.45) is 3.75. The van der Waals surface area contributed by atoms with E-state index >= 15 is 0 Å². The zero-order chi connectivity index (χ0) is 51.4. The van der Waals surface area contributed by atoms with Crippen molar-refractivity contribution in [3.05, 3.63) is 101 Å². The van der Waals surface area contributed by atoms with Crippen molar-refractivity contribution in [2.24, 2.45) is 5.73 Å². The van der Waals surface area contributed by atoms with Crippen LogP contribution in [-0.4, -0.2) is 140 Å². The van der Waals surface area contributed by atoms with Gasteiger partial charge in [-0.05, 0) is 108 Å². The van der Waals surface area contributed by atoms with Crippen LogP contribution in [0.15, 0.2) is 78.9 Å². The molecule has 3 aliphatic rings. The normalized spacial score (nSPS) is 14.9. The summed E-state index contributed by atoms with van der Waals surface area (Å²) in [5.41, 5.74) is 12.8. The number of primary amides is 1. The molecule has 3 heterocycles. The Labute approximate surface area is 426 Å². The maximum atomic E-state index is 11.2. The van der Waals surface area contributed by atoms with E-state index in [1.54, 1.807) is 6.92 Å². The highest BCUT2D eigenvalue weighted by molar-refractivity contribution is 7.54. The summed E-state index contributed by atoms with van der Waals surface area (Å²) < 4.78 is 45.1. The van der Waals surface area contributed by atoms with Gasteiger partial charge in [0.25, 0.3) is 0 Å². The summed E-state index contributed by atoms with van der Waals surface area (Å²) in [7, 11) is 1.79. The van der Waals surface area contributed by atoms with Crippen LogP contribution in [0.2, 0.25) is 0 Å². The van der Waals surface area contributed by atoms with Crippen molar-refractivity contribution in [1.29, 1.82) is 0 Å². The first-order valence-corrected chi connectivity index (χ1v) is 24.6. The second-order valence-corrected chi connectivity index (χ2v) is 18.5. The number of Topliss-reactive ketones (excluding diaryl/α,β-unsaturated/α-hetero) is 1. The van der Waals surface area contributed by atoms with Gasteiger partial charge in [-0.15, -0.1) is 0 Å². The molecular weight excluding hydrogens is 986 g/mol. The lowest BCUT2D eigenvalue weighted by Crippen LogP contribution is -2.36. The third kappa shape index (κ3) is 25.8. The first-order chi connectivity index (χ1) is 32.9. The van der Waals surface area contributed by atoms with Gasteiger partial charge < -0.3 is 59.9 Å². The number of nitrogens with two attached hydrogens (primary N) is 1. The van der Waals surface area contributed by atoms with Crippen molar-refractivity contribution in [3.8, 4) is 0 Å². The van der Waals surface area contributed by atoms with Gasteiger partial charge in [-0.25, -0.2) is 4.79 Å². The second kappa shape index (κ2) is 36.0. The number of morpholine rings is 2. The van der Waals surface area contributed by atoms with Crippen LogP contribution in [0.25, 0.3) is 5.57 Å². The molecule has 22 heteroatoms. The number of rotatable bonds is 14. The summed E-state index contributed by atoms with van der Waals surface area (Å²) in [5.74, 6) is -0.263. The van der Waals surface area contributed by atoms with E-state index in [0.29, 0.717) is 12.3 Å². The number of carbonyl (C=O) groups is 6. The third-order valence-corrected chi connectivity index (χ3v) is 13.0. The number of hydrogen-bond acceptors (Lipinski definition) is 17. The molecule has 0 aromatic heterocycles. The second-order valence-electron chi connectivity index (χ2n) is 15.6.